The van der Waals surface area contributed by atoms with E-state index < -0.39 is 7.82 Å². The van der Waals surface area contributed by atoms with E-state index in [0.717, 1.165) is 0 Å². The molecule has 0 amide bonds. The molecule has 0 aromatic heterocycles. The third-order valence-corrected chi connectivity index (χ3v) is 2.14. The molecule has 7 heavy (non-hydrogen) atoms. The second-order valence-electron chi connectivity index (χ2n) is 0.673. The third-order valence-electron chi connectivity index (χ3n) is 0.238. The van der Waals surface area contributed by atoms with Gasteiger partial charge in [-0.2, -0.15) is 0 Å². The molecule has 2 N–H and O–H groups in total. The normalized spacial score (nSPS) is 10.6. The third kappa shape index (κ3) is 10.9. The predicted molar refractivity (Wildman–Crippen MR) is 30.2 cm³/mol. The Balaban J connectivity index is 0. The van der Waals surface area contributed by atoms with Crippen LogP contribution >= 0.6 is 7.82 Å². The molecule has 0 rings (SSSR count). The van der Waals surface area contributed by atoms with E-state index in [0.29, 0.717) is 0 Å². The van der Waals surface area contributed by atoms with Crippen molar-refractivity contribution in [1.82, 2.24) is 0 Å². The van der Waals surface area contributed by atoms with Crippen LogP contribution in [-0.2, 0) is 8.78 Å². The second-order valence-corrected chi connectivity index (χ2v) is 3.11. The van der Waals surface area contributed by atoms with Gasteiger partial charge in [-0.05, 0) is 0 Å². The van der Waals surface area contributed by atoms with Crippen molar-refractivity contribution in [3.8, 4) is 0 Å². The average Bonchev–Trinajstić information content (AvgIpc) is 1.35. The Morgan fingerprint density at radius 3 is 1.71 bits per heavy atom. The van der Waals surface area contributed by atoms with Crippen molar-refractivity contribution >= 4 is 37.2 Å². The van der Waals surface area contributed by atoms with Gasteiger partial charge in [0.1, 0.15) is 0 Å². The van der Waals surface area contributed by atoms with Crippen LogP contribution in [-0.4, -0.2) is 39.1 Å². The Morgan fingerprint density at radius 1 is 1.57 bits per heavy atom. The summed E-state index contributed by atoms with van der Waals surface area (Å²) in [6.07, 6.45) is 0. The van der Waals surface area contributed by atoms with Gasteiger partial charge in [-0.25, -0.2) is 4.57 Å². The summed E-state index contributed by atoms with van der Waals surface area (Å²) in [6, 6.07) is 0. The molecule has 0 heterocycles. The summed E-state index contributed by atoms with van der Waals surface area (Å²) in [6.45, 7) is 0. The van der Waals surface area contributed by atoms with E-state index >= 15 is 0 Å². The van der Waals surface area contributed by atoms with Crippen molar-refractivity contribution in [2.24, 2.45) is 0 Å². The Morgan fingerprint density at radius 2 is 1.71 bits per heavy atom. The first kappa shape index (κ1) is 10.8. The van der Waals surface area contributed by atoms with E-state index in [1.807, 2.05) is 0 Å². The molecule has 0 aromatic carbocycles. The van der Waals surface area contributed by atoms with Gasteiger partial charge in [0.2, 0.25) is 0 Å². The summed E-state index contributed by atoms with van der Waals surface area (Å²) >= 11 is 0. The van der Waals surface area contributed by atoms with Crippen molar-refractivity contribution in [3.63, 3.8) is 0 Å². The Kier molecular flexibility index (Phi) is 5.99. The molecule has 0 aliphatic rings. The fourth-order valence-corrected chi connectivity index (χ4v) is 0. The quantitative estimate of drug-likeness (QED) is 0.315. The van der Waals surface area contributed by atoms with Crippen LogP contribution in [0.1, 0.15) is 0 Å². The van der Waals surface area contributed by atoms with E-state index in [9.17, 15) is 4.57 Å². The molecule has 7 heteroatoms. The number of rotatable bonds is 1. The minimum atomic E-state index is -4.08. The van der Waals surface area contributed by atoms with E-state index in [1.54, 1.807) is 0 Å². The van der Waals surface area contributed by atoms with Crippen LogP contribution in [0, 0.1) is 0 Å². The summed E-state index contributed by atoms with van der Waals surface area (Å²) in [5.74, 6) is 0. The van der Waals surface area contributed by atoms with Gasteiger partial charge >= 0.3 is 26.7 Å². The van der Waals surface area contributed by atoms with Gasteiger partial charge in [0.05, 0.1) is 0 Å². The Hall–Kier alpha value is 0.924. The van der Waals surface area contributed by atoms with Crippen LogP contribution in [0.5, 0.6) is 0 Å². The molecule has 0 aromatic rings. The van der Waals surface area contributed by atoms with Gasteiger partial charge in [0.15, 0.2) is 10.5 Å². The van der Waals surface area contributed by atoms with Gasteiger partial charge in [-0.15, -0.1) is 0 Å². The molecular formula is H6LiO4PSi. The van der Waals surface area contributed by atoms with Crippen molar-refractivity contribution in [1.29, 1.82) is 0 Å². The number of phosphoric acid groups is 1. The van der Waals surface area contributed by atoms with Crippen molar-refractivity contribution in [2.45, 2.75) is 0 Å². The first-order valence-corrected chi connectivity index (χ1v) is 3.52. The summed E-state index contributed by atoms with van der Waals surface area (Å²) in [4.78, 5) is 15.5. The maximum atomic E-state index is 9.51. The number of hydrogen-bond acceptors (Lipinski definition) is 2. The molecule has 0 aliphatic heterocycles. The predicted octanol–water partition coefficient (Wildman–Crippen LogP) is -2.27. The summed E-state index contributed by atoms with van der Waals surface area (Å²) in [7, 11) is -4.00. The van der Waals surface area contributed by atoms with Crippen LogP contribution in [0.25, 0.3) is 0 Å². The topological polar surface area (TPSA) is 66.8 Å². The van der Waals surface area contributed by atoms with Gasteiger partial charge in [0.25, 0.3) is 0 Å². The van der Waals surface area contributed by atoms with Gasteiger partial charge in [-0.1, -0.05) is 0 Å². The van der Waals surface area contributed by atoms with Crippen molar-refractivity contribution in [3.05, 3.63) is 0 Å². The molecule has 0 unspecified atom stereocenters. The molecule has 0 bridgehead atoms. The molecule has 0 saturated carbocycles. The van der Waals surface area contributed by atoms with E-state index in [-0.39, 0.29) is 29.3 Å². The van der Waals surface area contributed by atoms with Gasteiger partial charge in [-0.3, -0.25) is 0 Å². The zero-order valence-corrected chi connectivity index (χ0v) is 6.05. The molecule has 0 spiro atoms. The van der Waals surface area contributed by atoms with E-state index in [4.69, 9.17) is 9.79 Å². The Bertz CT molecular complexity index is 75.8. The van der Waals surface area contributed by atoms with E-state index in [2.05, 4.69) is 4.21 Å². The number of hydrogen-bond donors (Lipinski definition) is 2. The zero-order chi connectivity index (χ0) is 5.21. The van der Waals surface area contributed by atoms with Crippen LogP contribution in [0.2, 0.25) is 0 Å². The minimum absolute atomic E-state index is 0. The monoisotopic (exact) mass is 136 g/mol. The zero-order valence-electron chi connectivity index (χ0n) is 3.16. The molecule has 4 nitrogen and oxygen atoms in total. The SMILES string of the molecule is O=P(O)(O)O[SiH3].[LiH]. The summed E-state index contributed by atoms with van der Waals surface area (Å²) in [5.41, 5.74) is 0. The first-order chi connectivity index (χ1) is 2.56. The van der Waals surface area contributed by atoms with Crippen LogP contribution in [0.4, 0.5) is 0 Å². The second kappa shape index (κ2) is 3.87. The molecule has 0 atom stereocenters. The fourth-order valence-electron chi connectivity index (χ4n) is 0. The molecule has 0 saturated heterocycles. The van der Waals surface area contributed by atoms with Gasteiger partial charge in [0, 0.05) is 0 Å². The van der Waals surface area contributed by atoms with Crippen LogP contribution < -0.4 is 0 Å². The van der Waals surface area contributed by atoms with Gasteiger partial charge < -0.3 is 14.0 Å². The summed E-state index contributed by atoms with van der Waals surface area (Å²) in [5, 5.41) is 0. The van der Waals surface area contributed by atoms with Crippen LogP contribution in [0.15, 0.2) is 0 Å². The maximum absolute atomic E-state index is 9.51. The molecule has 0 fully saturated rings. The standard InChI is InChI=1S/Li.H5O4PSi.H/c;1-5(2,3)4-6;/h;6H3,(H2,1,2,3);. The molecule has 0 aliphatic carbocycles. The van der Waals surface area contributed by atoms with Crippen LogP contribution in [0.3, 0.4) is 0 Å². The molecular weight excluding hydrogens is 130 g/mol. The Labute approximate surface area is 56.2 Å². The van der Waals surface area contributed by atoms with Crippen molar-refractivity contribution < 1.29 is 18.6 Å². The average molecular weight is 136 g/mol. The fraction of sp³-hybridized carbons (Fsp3) is 0. The molecule has 0 radical (unpaired) electrons. The first-order valence-electron chi connectivity index (χ1n) is 1.17. The molecule has 40 valence electrons. The van der Waals surface area contributed by atoms with Crippen molar-refractivity contribution in [2.75, 3.05) is 0 Å². The van der Waals surface area contributed by atoms with E-state index in [1.165, 1.54) is 0 Å². The summed E-state index contributed by atoms with van der Waals surface area (Å²) < 4.78 is 13.2.